The van der Waals surface area contributed by atoms with Crippen LogP contribution < -0.4 is 10.2 Å². The summed E-state index contributed by atoms with van der Waals surface area (Å²) in [6.45, 7) is 3.67. The second-order valence-corrected chi connectivity index (χ2v) is 4.60. The van der Waals surface area contributed by atoms with Gasteiger partial charge in [-0.25, -0.2) is 9.69 Å². The Morgan fingerprint density at radius 1 is 1.40 bits per heavy atom. The number of amides is 3. The molecule has 104 valence electrons. The zero-order chi connectivity index (χ0) is 14.3. The number of carbonyl (C=O) groups is 2. The van der Waals surface area contributed by atoms with Gasteiger partial charge in [0.15, 0.2) is 0 Å². The van der Waals surface area contributed by atoms with Crippen molar-refractivity contribution in [2.45, 2.75) is 20.3 Å². The number of hydrogen-bond acceptors (Lipinski definition) is 5. The van der Waals surface area contributed by atoms with E-state index in [-0.39, 0.29) is 12.5 Å². The molecule has 3 heterocycles. The van der Waals surface area contributed by atoms with Crippen LogP contribution in [0.2, 0.25) is 0 Å². The molecule has 3 amide bonds. The molecule has 2 N–H and O–H groups in total. The van der Waals surface area contributed by atoms with E-state index in [9.17, 15) is 9.59 Å². The minimum atomic E-state index is -0.434. The first-order valence-electron chi connectivity index (χ1n) is 6.12. The zero-order valence-electron chi connectivity index (χ0n) is 11.1. The van der Waals surface area contributed by atoms with E-state index < -0.39 is 6.03 Å². The van der Waals surface area contributed by atoms with Crippen molar-refractivity contribution in [3.05, 3.63) is 28.9 Å². The van der Waals surface area contributed by atoms with Gasteiger partial charge in [-0.1, -0.05) is 5.16 Å². The highest BCUT2D eigenvalue weighted by Crippen LogP contribution is 2.25. The van der Waals surface area contributed by atoms with Crippen molar-refractivity contribution in [1.82, 2.24) is 20.7 Å². The molecular formula is C12H13N5O3. The van der Waals surface area contributed by atoms with Gasteiger partial charge in [-0.15, -0.1) is 0 Å². The summed E-state index contributed by atoms with van der Waals surface area (Å²) < 4.78 is 5.11. The molecule has 0 radical (unpaired) electrons. The summed E-state index contributed by atoms with van der Waals surface area (Å²) in [6, 6.07) is -0.434. The van der Waals surface area contributed by atoms with Gasteiger partial charge >= 0.3 is 6.03 Å². The molecule has 8 heteroatoms. The number of carbonyl (C=O) groups excluding carboxylic acids is 2. The van der Waals surface area contributed by atoms with Gasteiger partial charge in [-0.05, 0) is 13.8 Å². The summed E-state index contributed by atoms with van der Waals surface area (Å²) in [5.41, 5.74) is 2.83. The maximum atomic E-state index is 11.7. The number of urea groups is 1. The number of nitrogens with one attached hydrogen (secondary N) is 2. The third-order valence-corrected chi connectivity index (χ3v) is 3.31. The van der Waals surface area contributed by atoms with Crippen molar-refractivity contribution in [3.8, 4) is 0 Å². The smallest absolute Gasteiger partial charge is 0.329 e. The number of nitrogens with zero attached hydrogens (tertiary/aromatic N) is 3. The summed E-state index contributed by atoms with van der Waals surface area (Å²) in [5.74, 6) is 0.414. The number of H-pyrrole nitrogens is 1. The predicted molar refractivity (Wildman–Crippen MR) is 68.3 cm³/mol. The van der Waals surface area contributed by atoms with Crippen LogP contribution in [0.4, 0.5) is 10.5 Å². The normalized spacial score (nSPS) is 15.0. The van der Waals surface area contributed by atoms with Crippen LogP contribution in [0.5, 0.6) is 0 Å². The molecule has 0 spiro atoms. The summed E-state index contributed by atoms with van der Waals surface area (Å²) in [4.78, 5) is 24.5. The van der Waals surface area contributed by atoms with Crippen molar-refractivity contribution in [1.29, 1.82) is 0 Å². The topological polar surface area (TPSA) is 104 Å². The maximum Gasteiger partial charge on any atom is 0.329 e. The Kier molecular flexibility index (Phi) is 2.78. The highest BCUT2D eigenvalue weighted by atomic mass is 16.5. The molecule has 1 saturated heterocycles. The van der Waals surface area contributed by atoms with Crippen molar-refractivity contribution in [3.63, 3.8) is 0 Å². The van der Waals surface area contributed by atoms with Crippen molar-refractivity contribution in [2.24, 2.45) is 0 Å². The highest BCUT2D eigenvalue weighted by molar-refractivity contribution is 6.20. The van der Waals surface area contributed by atoms with Gasteiger partial charge in [-0.2, -0.15) is 5.10 Å². The van der Waals surface area contributed by atoms with Gasteiger partial charge in [0.05, 0.1) is 29.8 Å². The number of aromatic nitrogens is 3. The first-order valence-corrected chi connectivity index (χ1v) is 6.12. The second kappa shape index (κ2) is 4.48. The van der Waals surface area contributed by atoms with Crippen LogP contribution in [0.25, 0.3) is 0 Å². The van der Waals surface area contributed by atoms with Crippen LogP contribution in [0, 0.1) is 13.8 Å². The van der Waals surface area contributed by atoms with Crippen molar-refractivity contribution in [2.75, 3.05) is 11.4 Å². The van der Waals surface area contributed by atoms with E-state index >= 15 is 0 Å². The number of anilines is 1. The quantitative estimate of drug-likeness (QED) is 0.801. The molecule has 2 aromatic heterocycles. The van der Waals surface area contributed by atoms with Gasteiger partial charge in [-0.3, -0.25) is 9.89 Å². The third kappa shape index (κ3) is 1.85. The number of imide groups is 1. The fraction of sp³-hybridized carbons (Fsp3) is 0.333. The molecule has 0 unspecified atom stereocenters. The number of hydrogen-bond donors (Lipinski definition) is 2. The highest BCUT2D eigenvalue weighted by Gasteiger charge is 2.32. The Hall–Kier alpha value is -2.64. The molecule has 2 aromatic rings. The Labute approximate surface area is 114 Å². The molecule has 0 atom stereocenters. The lowest BCUT2D eigenvalue weighted by Gasteiger charge is -2.12. The molecule has 20 heavy (non-hydrogen) atoms. The first-order chi connectivity index (χ1) is 9.58. The van der Waals surface area contributed by atoms with Gasteiger partial charge in [0, 0.05) is 12.0 Å². The van der Waals surface area contributed by atoms with Gasteiger partial charge < -0.3 is 9.84 Å². The lowest BCUT2D eigenvalue weighted by Crippen LogP contribution is -2.31. The summed E-state index contributed by atoms with van der Waals surface area (Å²) >= 11 is 0. The molecule has 1 aliphatic rings. The molecule has 8 nitrogen and oxygen atoms in total. The maximum absolute atomic E-state index is 11.7. The molecule has 0 saturated carbocycles. The molecule has 1 aliphatic heterocycles. The third-order valence-electron chi connectivity index (χ3n) is 3.31. The van der Waals surface area contributed by atoms with E-state index in [2.05, 4.69) is 20.7 Å². The van der Waals surface area contributed by atoms with Gasteiger partial charge in [0.2, 0.25) is 0 Å². The van der Waals surface area contributed by atoms with Crippen LogP contribution >= 0.6 is 0 Å². The Bertz CT molecular complexity index is 652. The number of rotatable bonds is 3. The minimum Gasteiger partial charge on any atom is -0.361 e. The van der Waals surface area contributed by atoms with E-state index in [1.165, 1.54) is 6.20 Å². The molecule has 0 bridgehead atoms. The average molecular weight is 275 g/mol. The molecular weight excluding hydrogens is 262 g/mol. The summed E-state index contributed by atoms with van der Waals surface area (Å²) in [7, 11) is 0. The zero-order valence-corrected chi connectivity index (χ0v) is 11.1. The molecule has 0 aromatic carbocycles. The fourth-order valence-electron chi connectivity index (χ4n) is 2.23. The molecule has 0 aliphatic carbocycles. The lowest BCUT2D eigenvalue weighted by molar-refractivity contribution is -0.115. The largest absolute Gasteiger partial charge is 0.361 e. The first kappa shape index (κ1) is 12.4. The van der Waals surface area contributed by atoms with E-state index in [0.29, 0.717) is 23.6 Å². The molecule has 1 fully saturated rings. The van der Waals surface area contributed by atoms with E-state index in [1.54, 1.807) is 0 Å². The predicted octanol–water partition coefficient (Wildman–Crippen LogP) is 0.662. The Balaban J connectivity index is 1.95. The van der Waals surface area contributed by atoms with E-state index in [1.807, 2.05) is 13.8 Å². The standard InChI is InChI=1S/C12H13N5O3/c1-6-8(7(2)20-16-6)3-9-10(4-14-15-9)17-11(18)5-13-12(17)19/h4H,3,5H2,1-2H3,(H,13,19)(H,14,15). The van der Waals surface area contributed by atoms with Crippen LogP contribution in [0.15, 0.2) is 10.7 Å². The number of aromatic amines is 1. The average Bonchev–Trinajstić information content (AvgIpc) is 3.07. The fourth-order valence-corrected chi connectivity index (χ4v) is 2.23. The van der Waals surface area contributed by atoms with Crippen LogP contribution in [-0.2, 0) is 11.2 Å². The van der Waals surface area contributed by atoms with E-state index in [4.69, 9.17) is 4.52 Å². The van der Waals surface area contributed by atoms with Gasteiger partial charge in [0.25, 0.3) is 5.91 Å². The summed E-state index contributed by atoms with van der Waals surface area (Å²) in [5, 5.41) is 13.1. The van der Waals surface area contributed by atoms with Gasteiger partial charge in [0.1, 0.15) is 5.76 Å². The van der Waals surface area contributed by atoms with Crippen molar-refractivity contribution >= 4 is 17.6 Å². The second-order valence-electron chi connectivity index (χ2n) is 4.60. The van der Waals surface area contributed by atoms with Crippen LogP contribution in [-0.4, -0.2) is 33.8 Å². The minimum absolute atomic E-state index is 0.00871. The monoisotopic (exact) mass is 275 g/mol. The molecule has 3 rings (SSSR count). The van der Waals surface area contributed by atoms with Crippen LogP contribution in [0.3, 0.4) is 0 Å². The van der Waals surface area contributed by atoms with Crippen LogP contribution in [0.1, 0.15) is 22.7 Å². The Morgan fingerprint density at radius 2 is 2.20 bits per heavy atom. The number of aryl methyl sites for hydroxylation is 2. The Morgan fingerprint density at radius 3 is 2.80 bits per heavy atom. The van der Waals surface area contributed by atoms with E-state index in [0.717, 1.165) is 16.2 Å². The lowest BCUT2D eigenvalue weighted by atomic mass is 10.1. The summed E-state index contributed by atoms with van der Waals surface area (Å²) in [6.07, 6.45) is 1.93. The SMILES string of the molecule is Cc1noc(C)c1Cc1[nH]ncc1N1C(=O)CNC1=O. The van der Waals surface area contributed by atoms with Crippen molar-refractivity contribution < 1.29 is 14.1 Å².